The van der Waals surface area contributed by atoms with Crippen LogP contribution in [0.1, 0.15) is 5.56 Å². The van der Waals surface area contributed by atoms with Crippen LogP contribution in [0.4, 0.5) is 17.6 Å². The van der Waals surface area contributed by atoms with Gasteiger partial charge in [-0.3, -0.25) is 4.79 Å². The van der Waals surface area contributed by atoms with Gasteiger partial charge in [0, 0.05) is 11.1 Å². The van der Waals surface area contributed by atoms with Gasteiger partial charge in [0.2, 0.25) is 17.8 Å². The molecule has 0 fully saturated rings. The van der Waals surface area contributed by atoms with Gasteiger partial charge in [0.15, 0.2) is 5.16 Å². The number of halogens is 1. The topological polar surface area (TPSA) is 129 Å². The number of methoxy groups -OCH3 is 1. The van der Waals surface area contributed by atoms with Crippen LogP contribution >= 0.6 is 23.4 Å². The van der Waals surface area contributed by atoms with Gasteiger partial charge in [-0.05, 0) is 18.6 Å². The molecule has 122 valence electrons. The Morgan fingerprint density at radius 3 is 2.57 bits per heavy atom. The maximum Gasteiger partial charge on any atom is 0.234 e. The predicted molar refractivity (Wildman–Crippen MR) is 90.7 cm³/mol. The molecule has 0 saturated carbocycles. The minimum absolute atomic E-state index is 0.00963. The van der Waals surface area contributed by atoms with Crippen molar-refractivity contribution in [1.29, 1.82) is 0 Å². The summed E-state index contributed by atoms with van der Waals surface area (Å²) in [6.07, 6.45) is 0. The first kappa shape index (κ1) is 17.1. The second kappa shape index (κ2) is 7.34. The van der Waals surface area contributed by atoms with E-state index in [1.165, 1.54) is 7.11 Å². The highest BCUT2D eigenvalue weighted by Crippen LogP contribution is 2.31. The van der Waals surface area contributed by atoms with Crippen molar-refractivity contribution in [1.82, 2.24) is 15.0 Å². The molecule has 1 aromatic heterocycles. The van der Waals surface area contributed by atoms with E-state index in [-0.39, 0.29) is 28.7 Å². The molecular formula is C13H15ClN6O2S. The van der Waals surface area contributed by atoms with Crippen LogP contribution in [0.2, 0.25) is 5.02 Å². The Bertz CT molecular complexity index is 722. The zero-order valence-corrected chi connectivity index (χ0v) is 14.0. The van der Waals surface area contributed by atoms with Gasteiger partial charge in [-0.1, -0.05) is 23.4 Å². The first-order valence-electron chi connectivity index (χ1n) is 6.43. The second-order valence-electron chi connectivity index (χ2n) is 4.47. The molecule has 1 amide bonds. The summed E-state index contributed by atoms with van der Waals surface area (Å²) in [6.45, 7) is 1.84. The highest BCUT2D eigenvalue weighted by atomic mass is 35.5. The number of benzene rings is 1. The number of rotatable bonds is 5. The number of hydrogen-bond acceptors (Lipinski definition) is 8. The third-order valence-corrected chi connectivity index (χ3v) is 3.99. The molecule has 0 aliphatic heterocycles. The van der Waals surface area contributed by atoms with Crippen molar-refractivity contribution in [3.05, 3.63) is 22.7 Å². The summed E-state index contributed by atoms with van der Waals surface area (Å²) in [4.78, 5) is 23.5. The molecule has 1 aromatic carbocycles. The largest absolute Gasteiger partial charge is 0.495 e. The van der Waals surface area contributed by atoms with Gasteiger partial charge in [0.25, 0.3) is 0 Å². The van der Waals surface area contributed by atoms with E-state index in [9.17, 15) is 4.79 Å². The van der Waals surface area contributed by atoms with E-state index in [1.54, 1.807) is 12.1 Å². The quantitative estimate of drug-likeness (QED) is 0.692. The number of nitrogen functional groups attached to an aromatic ring is 2. The Kier molecular flexibility index (Phi) is 5.45. The normalized spacial score (nSPS) is 10.4. The van der Waals surface area contributed by atoms with Crippen LogP contribution in [0.15, 0.2) is 17.3 Å². The summed E-state index contributed by atoms with van der Waals surface area (Å²) in [7, 11) is 1.50. The number of carbonyl (C=O) groups excluding carboxylic acids is 1. The number of aryl methyl sites for hydroxylation is 1. The first-order valence-corrected chi connectivity index (χ1v) is 7.79. The monoisotopic (exact) mass is 354 g/mol. The van der Waals surface area contributed by atoms with Crippen molar-refractivity contribution < 1.29 is 9.53 Å². The molecule has 0 saturated heterocycles. The van der Waals surface area contributed by atoms with Crippen LogP contribution < -0.4 is 21.5 Å². The van der Waals surface area contributed by atoms with Crippen molar-refractivity contribution in [2.45, 2.75) is 12.1 Å². The van der Waals surface area contributed by atoms with Gasteiger partial charge in [0.1, 0.15) is 5.75 Å². The van der Waals surface area contributed by atoms with Crippen molar-refractivity contribution in [3.8, 4) is 5.75 Å². The second-order valence-corrected chi connectivity index (χ2v) is 5.82. The minimum Gasteiger partial charge on any atom is -0.495 e. The highest BCUT2D eigenvalue weighted by Gasteiger charge is 2.12. The molecule has 0 aliphatic rings. The molecule has 0 radical (unpaired) electrons. The zero-order chi connectivity index (χ0) is 17.0. The van der Waals surface area contributed by atoms with Crippen LogP contribution in [-0.4, -0.2) is 33.7 Å². The summed E-state index contributed by atoms with van der Waals surface area (Å²) in [5.74, 6) is 0.319. The van der Waals surface area contributed by atoms with E-state index < -0.39 is 0 Å². The van der Waals surface area contributed by atoms with E-state index in [0.717, 1.165) is 17.3 Å². The molecule has 0 bridgehead atoms. The molecule has 1 heterocycles. The maximum absolute atomic E-state index is 12.1. The Hall–Kier alpha value is -2.26. The number of carbonyl (C=O) groups is 1. The first-order chi connectivity index (χ1) is 10.9. The number of thioether (sulfide) groups is 1. The summed E-state index contributed by atoms with van der Waals surface area (Å²) in [5, 5.41) is 3.59. The van der Waals surface area contributed by atoms with Crippen LogP contribution in [-0.2, 0) is 4.79 Å². The molecule has 0 spiro atoms. The van der Waals surface area contributed by atoms with Crippen LogP contribution in [0, 0.1) is 6.92 Å². The average Bonchev–Trinajstić information content (AvgIpc) is 2.47. The van der Waals surface area contributed by atoms with Crippen molar-refractivity contribution >= 4 is 46.9 Å². The van der Waals surface area contributed by atoms with E-state index in [4.69, 9.17) is 27.8 Å². The standard InChI is InChI=1S/C13H15ClN6O2S/c1-6-3-8(9(22-2)4-7(6)14)17-10(21)5-23-13-19-11(15)18-12(16)20-13/h3-4H,5H2,1-2H3,(H,17,21)(H4,15,16,18,19,20). The lowest BCUT2D eigenvalue weighted by molar-refractivity contribution is -0.113. The number of amides is 1. The third-order valence-electron chi connectivity index (χ3n) is 2.74. The number of nitrogens with one attached hydrogen (secondary N) is 1. The molecular weight excluding hydrogens is 340 g/mol. The number of aromatic nitrogens is 3. The Labute approximate surface area is 142 Å². The number of nitrogens with zero attached hydrogens (tertiary/aromatic N) is 3. The minimum atomic E-state index is -0.257. The highest BCUT2D eigenvalue weighted by molar-refractivity contribution is 7.99. The number of nitrogens with two attached hydrogens (primary N) is 2. The molecule has 0 aliphatic carbocycles. The molecule has 5 N–H and O–H groups in total. The van der Waals surface area contributed by atoms with Crippen LogP contribution in [0.25, 0.3) is 0 Å². The fraction of sp³-hybridized carbons (Fsp3) is 0.231. The summed E-state index contributed by atoms with van der Waals surface area (Å²) in [6, 6.07) is 3.38. The Balaban J connectivity index is 2.04. The van der Waals surface area contributed by atoms with Crippen molar-refractivity contribution in [3.63, 3.8) is 0 Å². The lowest BCUT2D eigenvalue weighted by atomic mass is 10.2. The molecule has 8 nitrogen and oxygen atoms in total. The number of ether oxygens (including phenoxy) is 1. The summed E-state index contributed by atoms with van der Waals surface area (Å²) < 4.78 is 5.20. The maximum atomic E-state index is 12.1. The fourth-order valence-electron chi connectivity index (χ4n) is 1.70. The predicted octanol–water partition coefficient (Wildman–Crippen LogP) is 1.74. The smallest absolute Gasteiger partial charge is 0.234 e. The van der Waals surface area contributed by atoms with Gasteiger partial charge < -0.3 is 21.5 Å². The molecule has 23 heavy (non-hydrogen) atoms. The van der Waals surface area contributed by atoms with Crippen LogP contribution in [0.5, 0.6) is 5.75 Å². The Morgan fingerprint density at radius 1 is 1.30 bits per heavy atom. The fourth-order valence-corrected chi connectivity index (χ4v) is 2.50. The van der Waals surface area contributed by atoms with Gasteiger partial charge in [-0.25, -0.2) is 0 Å². The van der Waals surface area contributed by atoms with Crippen molar-refractivity contribution in [2.24, 2.45) is 0 Å². The SMILES string of the molecule is COc1cc(Cl)c(C)cc1NC(=O)CSc1nc(N)nc(N)n1. The van der Waals surface area contributed by atoms with E-state index in [0.29, 0.717) is 16.5 Å². The Morgan fingerprint density at radius 2 is 1.96 bits per heavy atom. The van der Waals surface area contributed by atoms with E-state index in [1.807, 2.05) is 6.92 Å². The van der Waals surface area contributed by atoms with Gasteiger partial charge in [0.05, 0.1) is 18.6 Å². The van der Waals surface area contributed by atoms with E-state index in [2.05, 4.69) is 20.3 Å². The molecule has 0 unspecified atom stereocenters. The molecule has 10 heteroatoms. The van der Waals surface area contributed by atoms with Crippen LogP contribution in [0.3, 0.4) is 0 Å². The van der Waals surface area contributed by atoms with E-state index >= 15 is 0 Å². The molecule has 2 aromatic rings. The number of anilines is 3. The number of hydrogen-bond donors (Lipinski definition) is 3. The van der Waals surface area contributed by atoms with Gasteiger partial charge in [-0.2, -0.15) is 15.0 Å². The van der Waals surface area contributed by atoms with Gasteiger partial charge >= 0.3 is 0 Å². The third kappa shape index (κ3) is 4.60. The molecule has 0 atom stereocenters. The van der Waals surface area contributed by atoms with Gasteiger partial charge in [-0.15, -0.1) is 0 Å². The average molecular weight is 355 g/mol. The molecule has 2 rings (SSSR count). The summed E-state index contributed by atoms with van der Waals surface area (Å²) in [5.41, 5.74) is 12.3. The lowest BCUT2D eigenvalue weighted by Crippen LogP contribution is -2.15. The van der Waals surface area contributed by atoms with Crippen molar-refractivity contribution in [2.75, 3.05) is 29.6 Å². The lowest BCUT2D eigenvalue weighted by Gasteiger charge is -2.12. The summed E-state index contributed by atoms with van der Waals surface area (Å²) >= 11 is 7.12. The zero-order valence-electron chi connectivity index (χ0n) is 12.5.